The fraction of sp³-hybridized carbons (Fsp3) is 0.484. The number of non-ortho nitro benzene ring substituents is 1. The van der Waals surface area contributed by atoms with Crippen LogP contribution in [0.1, 0.15) is 75.6 Å². The Bertz CT molecular complexity index is 3210. The molecule has 4 saturated heterocycles. The van der Waals surface area contributed by atoms with E-state index in [1.54, 1.807) is 38.1 Å². The predicted molar refractivity (Wildman–Crippen MR) is 321 cm³/mol. The molecule has 24 nitrogen and oxygen atoms in total. The summed E-state index contributed by atoms with van der Waals surface area (Å²) in [4.78, 5) is 46.2. The second-order valence-electron chi connectivity index (χ2n) is 21.9. The van der Waals surface area contributed by atoms with Gasteiger partial charge < -0.3 is 54.4 Å². The molecule has 0 aromatic heterocycles. The molecule has 0 aliphatic carbocycles. The molecule has 0 radical (unpaired) electrons. The summed E-state index contributed by atoms with van der Waals surface area (Å²) < 4.78 is 92.4. The van der Waals surface area contributed by atoms with Crippen LogP contribution in [0.25, 0.3) is 0 Å². The number of aryl methyl sites for hydroxylation is 2. The van der Waals surface area contributed by atoms with E-state index < -0.39 is 80.3 Å². The minimum atomic E-state index is -4.10. The number of nitro groups is 1. The largest absolute Gasteiger partial charge is 0.514 e. The average Bonchev–Trinajstić information content (AvgIpc) is 3.23. The molecule has 26 heteroatoms. The molecule has 1 amide bonds. The predicted octanol–water partition coefficient (Wildman–Crippen LogP) is 7.69. The molecule has 12 atom stereocenters. The minimum Gasteiger partial charge on any atom is -0.443 e. The van der Waals surface area contributed by atoms with E-state index in [1.165, 1.54) is 48.5 Å². The number of hydroxylamine groups is 2. The summed E-state index contributed by atoms with van der Waals surface area (Å²) in [6, 6.07) is 35.5. The Kier molecular flexibility index (Phi) is 25.7. The Morgan fingerprint density at radius 1 is 0.648 bits per heavy atom. The van der Waals surface area contributed by atoms with Crippen LogP contribution in [0.4, 0.5) is 15.3 Å². The highest BCUT2D eigenvalue weighted by Gasteiger charge is 2.46. The highest BCUT2D eigenvalue weighted by atomic mass is 32.2. The Morgan fingerprint density at radius 2 is 1.09 bits per heavy atom. The minimum absolute atomic E-state index is 0.0349. The van der Waals surface area contributed by atoms with Gasteiger partial charge >= 0.3 is 12.2 Å². The number of amides is 1. The van der Waals surface area contributed by atoms with Crippen molar-refractivity contribution in [3.05, 3.63) is 166 Å². The number of nitro benzene ring substituents is 1. The number of carbonyl (C=O) groups excluding carboxylic acids is 2. The summed E-state index contributed by atoms with van der Waals surface area (Å²) in [6.45, 7) is 12.1. The Morgan fingerprint density at radius 3 is 1.55 bits per heavy atom. The number of alkyl carbamates (subject to hydrolysis) is 1. The van der Waals surface area contributed by atoms with Gasteiger partial charge in [0.05, 0.1) is 96.5 Å². The van der Waals surface area contributed by atoms with Gasteiger partial charge in [-0.05, 0) is 114 Å². The lowest BCUT2D eigenvalue weighted by atomic mass is 10.0. The smallest absolute Gasteiger partial charge is 0.443 e. The molecule has 4 heterocycles. The summed E-state index contributed by atoms with van der Waals surface area (Å²) in [5.41, 5.74) is 9.76. The Balaban J connectivity index is 0.000000198. The Labute approximate surface area is 514 Å². The van der Waals surface area contributed by atoms with E-state index in [2.05, 4.69) is 5.32 Å². The number of rotatable bonds is 25. The zero-order valence-corrected chi connectivity index (χ0v) is 51.8. The first-order chi connectivity index (χ1) is 42.0. The van der Waals surface area contributed by atoms with Crippen LogP contribution < -0.4 is 15.8 Å². The molecule has 5 aromatic carbocycles. The molecular formula is C62H81N5O19S2. The van der Waals surface area contributed by atoms with E-state index in [4.69, 9.17) is 48.6 Å². The van der Waals surface area contributed by atoms with Gasteiger partial charge in [-0.1, -0.05) is 119 Å². The molecule has 0 saturated carbocycles. The van der Waals surface area contributed by atoms with Gasteiger partial charge in [0.2, 0.25) is 0 Å². The number of fused-ring (bicyclic) bond motifs is 2. The van der Waals surface area contributed by atoms with Crippen molar-refractivity contribution >= 4 is 38.0 Å². The van der Waals surface area contributed by atoms with Crippen molar-refractivity contribution in [1.82, 2.24) is 14.3 Å². The molecule has 4 fully saturated rings. The van der Waals surface area contributed by atoms with Crippen LogP contribution in [0, 0.1) is 35.8 Å². The van der Waals surface area contributed by atoms with Gasteiger partial charge in [-0.15, -0.1) is 0 Å². The number of hydrogen-bond acceptors (Lipinski definition) is 20. The number of nitrogens with two attached hydrogens (primary N) is 1. The topological polar surface area (TPSA) is 314 Å². The van der Waals surface area contributed by atoms with E-state index in [0.717, 1.165) is 44.0 Å². The summed E-state index contributed by atoms with van der Waals surface area (Å²) in [5.74, 6) is 0.186. The van der Waals surface area contributed by atoms with E-state index >= 15 is 0 Å². The number of aliphatic hydroxyl groups is 2. The summed E-state index contributed by atoms with van der Waals surface area (Å²) >= 11 is 0. The van der Waals surface area contributed by atoms with Gasteiger partial charge in [-0.3, -0.25) is 19.8 Å². The van der Waals surface area contributed by atoms with E-state index in [0.29, 0.717) is 32.5 Å². The molecule has 88 heavy (non-hydrogen) atoms. The number of ether oxygens (including phenoxy) is 7. The fourth-order valence-electron chi connectivity index (χ4n) is 9.64. The maximum absolute atomic E-state index is 13.5. The zero-order chi connectivity index (χ0) is 63.5. The Hall–Kier alpha value is -6.50. The third kappa shape index (κ3) is 19.7. The molecule has 0 bridgehead atoms. The van der Waals surface area contributed by atoms with Gasteiger partial charge in [-0.2, -0.15) is 0 Å². The molecule has 4 aliphatic heterocycles. The van der Waals surface area contributed by atoms with Crippen LogP contribution in [0.15, 0.2) is 143 Å². The molecule has 4 unspecified atom stereocenters. The van der Waals surface area contributed by atoms with E-state index in [1.807, 2.05) is 88.4 Å². The quantitative estimate of drug-likeness (QED) is 0.0188. The third-order valence-electron chi connectivity index (χ3n) is 15.2. The first-order valence-electron chi connectivity index (χ1n) is 29.3. The average molecular weight is 1260 g/mol. The van der Waals surface area contributed by atoms with Gasteiger partial charge in [0.25, 0.3) is 25.7 Å². The number of nitrogens with one attached hydrogen (secondary N) is 1. The zero-order valence-electron chi connectivity index (χ0n) is 50.2. The molecule has 9 rings (SSSR count). The van der Waals surface area contributed by atoms with Crippen LogP contribution in [0.3, 0.4) is 0 Å². The van der Waals surface area contributed by atoms with Crippen molar-refractivity contribution in [2.75, 3.05) is 39.5 Å². The first kappa shape index (κ1) is 69.0. The number of hydrogen-bond donors (Lipinski definition) is 4. The second kappa shape index (κ2) is 32.8. The molecule has 0 spiro atoms. The van der Waals surface area contributed by atoms with Crippen LogP contribution >= 0.6 is 0 Å². The molecule has 4 aliphatic rings. The third-order valence-corrected chi connectivity index (χ3v) is 18.5. The van der Waals surface area contributed by atoms with Gasteiger partial charge in [-0.25, -0.2) is 26.4 Å². The van der Waals surface area contributed by atoms with Crippen molar-refractivity contribution < 1.29 is 84.4 Å². The maximum Gasteiger partial charge on any atom is 0.514 e. The number of aliphatic hydroxyl groups excluding tert-OH is 2. The van der Waals surface area contributed by atoms with Gasteiger partial charge in [0, 0.05) is 18.2 Å². The number of nitrogens with zero attached hydrogens (tertiary/aromatic N) is 3. The van der Waals surface area contributed by atoms with Gasteiger partial charge in [0.1, 0.15) is 18.0 Å². The lowest BCUT2D eigenvalue weighted by Crippen LogP contribution is -2.51. The normalized spacial score (nSPS) is 21.7. The molecule has 5 aromatic rings. The lowest BCUT2D eigenvalue weighted by Gasteiger charge is -2.30. The number of carbonyl (C=O) groups is 2. The van der Waals surface area contributed by atoms with Crippen molar-refractivity contribution in [3.8, 4) is 5.75 Å². The van der Waals surface area contributed by atoms with E-state index in [9.17, 15) is 46.8 Å². The molecule has 480 valence electrons. The van der Waals surface area contributed by atoms with Crippen molar-refractivity contribution in [1.29, 1.82) is 0 Å². The maximum atomic E-state index is 13.5. The summed E-state index contributed by atoms with van der Waals surface area (Å²) in [7, 11) is -8.03. The van der Waals surface area contributed by atoms with Crippen molar-refractivity contribution in [3.63, 3.8) is 0 Å². The van der Waals surface area contributed by atoms with E-state index in [-0.39, 0.29) is 84.0 Å². The standard InChI is InChI=1S/C28H38N2O8S.C21H30N2O4S.C13H13NO7/c1-4-20(3)38-30(39(33,34)22-12-10-19(2)11-13-22)17-25(31)24(16-21-8-6-5-7-9-21)29-28(32)37-26-18-36-27-23(26)14-15-35-27;1-4-17(3)27-23(28(25,26)19-12-10-16(2)11-13-19)15-21(24)20(22)14-18-8-6-5-7-9-18;15-13(20-9-3-1-8(2-4-9)14(16)17)21-11-7-19-12-10(11)5-6-18-12/h5-13,20,23-27,31H,4,14-18H2,1-3H3,(H,29,32);5-13,17,20-21,24H,4,14-15,22H2,1-3H3;1-4,10-12H,5-7H2/t20?,23-,24-,25+,26?,27+;17?,20-,21+;10-,11?,12+/m000/s1. The van der Waals surface area contributed by atoms with Crippen LogP contribution in [0.2, 0.25) is 0 Å². The van der Waals surface area contributed by atoms with Crippen LogP contribution in [-0.2, 0) is 71.0 Å². The number of benzene rings is 5. The summed E-state index contributed by atoms with van der Waals surface area (Å²) in [5, 5.41) is 35.2. The SMILES string of the molecule is CCC(C)ON(C[C@@H](O)[C@@H](N)Cc1ccccc1)S(=O)(=O)c1ccc(C)cc1.CCC(C)ON(C[C@@H](O)[C@H](Cc1ccccc1)NC(=O)OC1CO[C@H]2OCC[C@@H]12)S(=O)(=O)c1ccc(C)cc1.O=C(Oc1ccc([N+](=O)[O-])cc1)OC1CO[C@H]2OCC[C@@H]12. The highest BCUT2D eigenvalue weighted by Crippen LogP contribution is 2.35. The molecule has 5 N–H and O–H groups in total. The second-order valence-corrected chi connectivity index (χ2v) is 25.6. The van der Waals surface area contributed by atoms with Gasteiger partial charge in [0.15, 0.2) is 12.6 Å². The fourth-order valence-corrected chi connectivity index (χ4v) is 12.3. The van der Waals surface area contributed by atoms with Crippen LogP contribution in [0.5, 0.6) is 5.75 Å². The number of sulfonamides is 2. The van der Waals surface area contributed by atoms with Crippen LogP contribution in [-0.4, -0.2) is 154 Å². The summed E-state index contributed by atoms with van der Waals surface area (Å²) in [6.07, 6.45) is -2.85. The first-order valence-corrected chi connectivity index (χ1v) is 32.2. The van der Waals surface area contributed by atoms with Crippen molar-refractivity contribution in [2.24, 2.45) is 17.6 Å². The highest BCUT2D eigenvalue weighted by molar-refractivity contribution is 7.89. The van der Waals surface area contributed by atoms with Crippen molar-refractivity contribution in [2.45, 2.75) is 151 Å². The lowest BCUT2D eigenvalue weighted by molar-refractivity contribution is -0.384. The molecular weight excluding hydrogens is 1180 g/mol. The monoisotopic (exact) mass is 1260 g/mol.